The Hall–Kier alpha value is -1.59. The monoisotopic (exact) mass is 340 g/mol. The lowest BCUT2D eigenvalue weighted by Crippen LogP contribution is -2.14. The minimum Gasteiger partial charge on any atom is -0.490 e. The molecule has 6 heteroatoms. The van der Waals surface area contributed by atoms with Crippen molar-refractivity contribution in [3.8, 4) is 5.75 Å². The standard InChI is InChI=1S/C17H24N2O3.ClH/c1-4-7-13(11-20)10-14(21)16-12(3)18-17-15(22-5-2)8-6-9-19(16)17;/h6,8-9,13,20H,4-5,7,10-11H2,1-3H3;1H/t13-;/m0./s1. The molecule has 0 bridgehead atoms. The highest BCUT2D eigenvalue weighted by molar-refractivity contribution is 5.96. The van der Waals surface area contributed by atoms with Gasteiger partial charge < -0.3 is 9.84 Å². The Kier molecular flexibility index (Phi) is 7.52. The predicted octanol–water partition coefficient (Wildman–Crippen LogP) is 3.44. The van der Waals surface area contributed by atoms with E-state index in [0.29, 0.717) is 35.8 Å². The molecule has 2 aromatic rings. The molecular formula is C17H25ClN2O3. The number of pyridine rings is 1. The van der Waals surface area contributed by atoms with Crippen molar-refractivity contribution in [3.05, 3.63) is 29.7 Å². The van der Waals surface area contributed by atoms with Gasteiger partial charge >= 0.3 is 0 Å². The van der Waals surface area contributed by atoms with Gasteiger partial charge in [0, 0.05) is 19.2 Å². The van der Waals surface area contributed by atoms with Gasteiger partial charge in [-0.2, -0.15) is 0 Å². The summed E-state index contributed by atoms with van der Waals surface area (Å²) < 4.78 is 7.37. The van der Waals surface area contributed by atoms with Gasteiger partial charge in [0.05, 0.1) is 12.3 Å². The van der Waals surface area contributed by atoms with Crippen LogP contribution in [0.15, 0.2) is 18.3 Å². The van der Waals surface area contributed by atoms with Crippen LogP contribution in [0, 0.1) is 12.8 Å². The third-order valence-electron chi connectivity index (χ3n) is 3.78. The van der Waals surface area contributed by atoms with Gasteiger partial charge in [-0.05, 0) is 38.3 Å². The molecule has 0 radical (unpaired) electrons. The number of ketones is 1. The fourth-order valence-corrected chi connectivity index (χ4v) is 2.79. The first kappa shape index (κ1) is 19.5. The summed E-state index contributed by atoms with van der Waals surface area (Å²) in [6.45, 7) is 6.41. The van der Waals surface area contributed by atoms with Crippen LogP contribution in [0.3, 0.4) is 0 Å². The summed E-state index contributed by atoms with van der Waals surface area (Å²) in [5.41, 5.74) is 1.96. The first-order chi connectivity index (χ1) is 10.6. The average molecular weight is 341 g/mol. The highest BCUT2D eigenvalue weighted by Gasteiger charge is 2.21. The largest absolute Gasteiger partial charge is 0.490 e. The Morgan fingerprint density at radius 3 is 2.78 bits per heavy atom. The zero-order chi connectivity index (χ0) is 16.1. The van der Waals surface area contributed by atoms with Gasteiger partial charge in [0.25, 0.3) is 0 Å². The number of hydrogen-bond donors (Lipinski definition) is 1. The van der Waals surface area contributed by atoms with Crippen molar-refractivity contribution in [1.29, 1.82) is 0 Å². The lowest BCUT2D eigenvalue weighted by atomic mass is 9.96. The Morgan fingerprint density at radius 1 is 1.43 bits per heavy atom. The SMILES string of the molecule is CCC[C@H](CO)CC(=O)c1c(C)nc2c(OCC)cccn12.Cl. The highest BCUT2D eigenvalue weighted by Crippen LogP contribution is 2.24. The van der Waals surface area contributed by atoms with Crippen molar-refractivity contribution >= 4 is 23.8 Å². The molecule has 2 rings (SSSR count). The van der Waals surface area contributed by atoms with E-state index in [4.69, 9.17) is 4.74 Å². The smallest absolute Gasteiger partial charge is 0.181 e. The first-order valence-electron chi connectivity index (χ1n) is 7.86. The van der Waals surface area contributed by atoms with Crippen LogP contribution in [0.1, 0.15) is 49.3 Å². The van der Waals surface area contributed by atoms with Crippen LogP contribution in [0.2, 0.25) is 0 Å². The number of ether oxygens (including phenoxy) is 1. The average Bonchev–Trinajstić information content (AvgIpc) is 2.84. The molecule has 0 aliphatic rings. The molecule has 0 aliphatic carbocycles. The molecule has 0 spiro atoms. The lowest BCUT2D eigenvalue weighted by Gasteiger charge is -2.12. The van der Waals surface area contributed by atoms with E-state index >= 15 is 0 Å². The third-order valence-corrected chi connectivity index (χ3v) is 3.78. The quantitative estimate of drug-likeness (QED) is 0.747. The number of rotatable bonds is 8. The zero-order valence-electron chi connectivity index (χ0n) is 13.9. The predicted molar refractivity (Wildman–Crippen MR) is 92.8 cm³/mol. The van der Waals surface area contributed by atoms with Gasteiger partial charge in [0.1, 0.15) is 5.69 Å². The second-order valence-electron chi connectivity index (χ2n) is 5.51. The topological polar surface area (TPSA) is 63.8 Å². The number of carbonyl (C=O) groups is 1. The van der Waals surface area contributed by atoms with Gasteiger partial charge in [0.2, 0.25) is 0 Å². The maximum absolute atomic E-state index is 12.6. The zero-order valence-corrected chi connectivity index (χ0v) is 14.7. The lowest BCUT2D eigenvalue weighted by molar-refractivity contribution is 0.0924. The minimum absolute atomic E-state index is 0. The van der Waals surface area contributed by atoms with E-state index in [0.717, 1.165) is 12.8 Å². The summed E-state index contributed by atoms with van der Waals surface area (Å²) in [7, 11) is 0. The Labute approximate surface area is 143 Å². The Morgan fingerprint density at radius 2 is 2.17 bits per heavy atom. The second kappa shape index (κ2) is 8.89. The molecule has 0 aromatic carbocycles. The maximum atomic E-state index is 12.6. The minimum atomic E-state index is 0. The van der Waals surface area contributed by atoms with E-state index in [9.17, 15) is 9.90 Å². The van der Waals surface area contributed by atoms with E-state index in [1.54, 1.807) is 4.40 Å². The molecule has 0 amide bonds. The molecule has 23 heavy (non-hydrogen) atoms. The summed E-state index contributed by atoms with van der Waals surface area (Å²) >= 11 is 0. The summed E-state index contributed by atoms with van der Waals surface area (Å²) in [5, 5.41) is 9.41. The van der Waals surface area contributed by atoms with Gasteiger partial charge in [-0.25, -0.2) is 4.98 Å². The van der Waals surface area contributed by atoms with E-state index in [2.05, 4.69) is 11.9 Å². The maximum Gasteiger partial charge on any atom is 0.181 e. The number of imidazole rings is 1. The van der Waals surface area contributed by atoms with Crippen molar-refractivity contribution in [2.45, 2.75) is 40.0 Å². The number of nitrogens with zero attached hydrogens (tertiary/aromatic N) is 2. The number of aryl methyl sites for hydroxylation is 1. The molecule has 0 fully saturated rings. The normalized spacial score (nSPS) is 12.0. The third kappa shape index (κ3) is 4.24. The number of Topliss-reactive ketones (excluding diaryl/α,β-unsaturated/α-hetero) is 1. The van der Waals surface area contributed by atoms with Crippen molar-refractivity contribution in [2.75, 3.05) is 13.2 Å². The number of halogens is 1. The molecule has 0 aliphatic heterocycles. The molecule has 5 nitrogen and oxygen atoms in total. The van der Waals surface area contributed by atoms with Crippen LogP contribution >= 0.6 is 12.4 Å². The van der Waals surface area contributed by atoms with E-state index in [-0.39, 0.29) is 30.7 Å². The molecule has 1 atom stereocenters. The van der Waals surface area contributed by atoms with Gasteiger partial charge in [-0.3, -0.25) is 9.20 Å². The number of aliphatic hydroxyl groups is 1. The van der Waals surface area contributed by atoms with Crippen LogP contribution in [0.4, 0.5) is 0 Å². The van der Waals surface area contributed by atoms with Crippen LogP contribution in [-0.2, 0) is 0 Å². The number of aromatic nitrogens is 2. The molecule has 2 heterocycles. The summed E-state index contributed by atoms with van der Waals surface area (Å²) in [4.78, 5) is 17.1. The summed E-state index contributed by atoms with van der Waals surface area (Å²) in [6, 6.07) is 3.71. The van der Waals surface area contributed by atoms with Crippen LogP contribution in [-0.4, -0.2) is 33.5 Å². The molecule has 1 N–H and O–H groups in total. The van der Waals surface area contributed by atoms with E-state index in [1.807, 2.05) is 32.2 Å². The number of aliphatic hydroxyl groups excluding tert-OH is 1. The summed E-state index contributed by atoms with van der Waals surface area (Å²) in [6.07, 6.45) is 3.98. The number of fused-ring (bicyclic) bond motifs is 1. The Balaban J connectivity index is 0.00000264. The fourth-order valence-electron chi connectivity index (χ4n) is 2.79. The molecule has 2 aromatic heterocycles. The van der Waals surface area contributed by atoms with Crippen molar-refractivity contribution < 1.29 is 14.6 Å². The van der Waals surface area contributed by atoms with Crippen molar-refractivity contribution in [1.82, 2.24) is 9.38 Å². The molecular weight excluding hydrogens is 316 g/mol. The molecule has 0 saturated heterocycles. The van der Waals surface area contributed by atoms with Gasteiger partial charge in [-0.1, -0.05) is 13.3 Å². The van der Waals surface area contributed by atoms with E-state index < -0.39 is 0 Å². The van der Waals surface area contributed by atoms with Gasteiger partial charge in [-0.15, -0.1) is 12.4 Å². The van der Waals surface area contributed by atoms with Crippen LogP contribution in [0.5, 0.6) is 5.75 Å². The second-order valence-corrected chi connectivity index (χ2v) is 5.51. The van der Waals surface area contributed by atoms with Crippen LogP contribution < -0.4 is 4.74 Å². The fraction of sp³-hybridized carbons (Fsp3) is 0.529. The van der Waals surface area contributed by atoms with Crippen molar-refractivity contribution in [2.24, 2.45) is 5.92 Å². The number of carbonyl (C=O) groups excluding carboxylic acids is 1. The van der Waals surface area contributed by atoms with Gasteiger partial charge in [0.15, 0.2) is 17.2 Å². The molecule has 0 saturated carbocycles. The highest BCUT2D eigenvalue weighted by atomic mass is 35.5. The Bertz CT molecular complexity index is 655. The molecule has 0 unspecified atom stereocenters. The number of hydrogen-bond acceptors (Lipinski definition) is 4. The summed E-state index contributed by atoms with van der Waals surface area (Å²) in [5.74, 6) is 0.711. The molecule has 128 valence electrons. The van der Waals surface area contributed by atoms with Crippen molar-refractivity contribution in [3.63, 3.8) is 0 Å². The van der Waals surface area contributed by atoms with E-state index in [1.165, 1.54) is 0 Å². The first-order valence-corrected chi connectivity index (χ1v) is 7.86. The van der Waals surface area contributed by atoms with Crippen LogP contribution in [0.25, 0.3) is 5.65 Å².